The van der Waals surface area contributed by atoms with Crippen molar-refractivity contribution in [2.75, 3.05) is 24.2 Å². The third-order valence-corrected chi connectivity index (χ3v) is 7.92. The lowest BCUT2D eigenvalue weighted by atomic mass is 10.0. The van der Waals surface area contributed by atoms with E-state index in [9.17, 15) is 12.6 Å². The van der Waals surface area contributed by atoms with Crippen molar-refractivity contribution in [1.29, 1.82) is 0 Å². The Balaban J connectivity index is 1.74. The summed E-state index contributed by atoms with van der Waals surface area (Å²) in [4.78, 5) is 3.86. The third kappa shape index (κ3) is 3.68. The van der Waals surface area contributed by atoms with Crippen LogP contribution in [0.25, 0.3) is 0 Å². The molecule has 1 N–H and O–H groups in total. The Labute approximate surface area is 163 Å². The number of hydrogen-bond acceptors (Lipinski definition) is 5. The monoisotopic (exact) mass is 404 g/mol. The van der Waals surface area contributed by atoms with Crippen LogP contribution >= 0.6 is 0 Å². The minimum absolute atomic E-state index is 0.262. The number of hydrogen-bond donors (Lipinski definition) is 1. The molecule has 0 amide bonds. The zero-order chi connectivity index (χ0) is 19.0. The van der Waals surface area contributed by atoms with Crippen LogP contribution in [0.1, 0.15) is 25.7 Å². The summed E-state index contributed by atoms with van der Waals surface area (Å²) >= 11 is 0. The molecule has 0 spiro atoms. The van der Waals surface area contributed by atoms with E-state index in [1.165, 1.54) is 19.1 Å². The number of piperidine rings is 1. The Kier molecular flexibility index (Phi) is 5.09. The summed E-state index contributed by atoms with van der Waals surface area (Å²) in [6, 6.07) is 13.1. The minimum atomic E-state index is -3.33. The molecule has 0 aromatic heterocycles. The van der Waals surface area contributed by atoms with Crippen molar-refractivity contribution in [3.63, 3.8) is 0 Å². The van der Waals surface area contributed by atoms with E-state index in [1.807, 2.05) is 24.3 Å². The van der Waals surface area contributed by atoms with Gasteiger partial charge in [0.25, 0.3) is 0 Å². The molecule has 27 heavy (non-hydrogen) atoms. The van der Waals surface area contributed by atoms with Gasteiger partial charge in [-0.2, -0.15) is 0 Å². The predicted molar refractivity (Wildman–Crippen MR) is 108 cm³/mol. The lowest BCUT2D eigenvalue weighted by Crippen LogP contribution is -2.37. The van der Waals surface area contributed by atoms with E-state index < -0.39 is 20.6 Å². The molecule has 2 aliphatic heterocycles. The largest absolute Gasteiger partial charge is 0.339 e. The van der Waals surface area contributed by atoms with Gasteiger partial charge in [-0.3, -0.25) is 0 Å². The number of sulfone groups is 1. The van der Waals surface area contributed by atoms with Crippen molar-refractivity contribution in [3.05, 3.63) is 42.5 Å². The summed E-state index contributed by atoms with van der Waals surface area (Å²) in [5.74, 6) is 0. The van der Waals surface area contributed by atoms with Crippen LogP contribution in [0.15, 0.2) is 57.2 Å². The summed E-state index contributed by atoms with van der Waals surface area (Å²) in [7, 11) is -4.63. The van der Waals surface area contributed by atoms with E-state index >= 15 is 0 Å². The van der Waals surface area contributed by atoms with Crippen LogP contribution in [-0.2, 0) is 20.6 Å². The van der Waals surface area contributed by atoms with E-state index in [4.69, 9.17) is 0 Å². The summed E-state index contributed by atoms with van der Waals surface area (Å²) in [6.45, 7) is 1.81. The third-order valence-electron chi connectivity index (χ3n) is 5.32. The van der Waals surface area contributed by atoms with E-state index in [0.717, 1.165) is 42.2 Å². The van der Waals surface area contributed by atoms with Gasteiger partial charge in [-0.15, -0.1) is 0 Å². The van der Waals surface area contributed by atoms with Gasteiger partial charge in [0.05, 0.1) is 36.9 Å². The van der Waals surface area contributed by atoms with E-state index in [1.54, 1.807) is 18.2 Å². The van der Waals surface area contributed by atoms with Gasteiger partial charge >= 0.3 is 0 Å². The van der Waals surface area contributed by atoms with Crippen LogP contribution in [0.5, 0.6) is 0 Å². The number of rotatable bonds is 4. The standard InChI is InChI=1S/C20H24N2O3S2/c1-27(24,25)16-9-10-20-18(14-16)22(13-11-15-6-4-5-12-21-15)17-7-2-3-8-19(17)26(20)23/h2-3,7-10,14-15,21H,4-6,11-13H2,1H3. The van der Waals surface area contributed by atoms with Gasteiger partial charge in [0.2, 0.25) is 0 Å². The highest BCUT2D eigenvalue weighted by molar-refractivity contribution is 7.90. The second-order valence-electron chi connectivity index (χ2n) is 7.23. The van der Waals surface area contributed by atoms with Crippen molar-refractivity contribution in [1.82, 2.24) is 5.32 Å². The van der Waals surface area contributed by atoms with Crippen LogP contribution in [-0.4, -0.2) is 38.0 Å². The van der Waals surface area contributed by atoms with Crippen LogP contribution < -0.4 is 10.2 Å². The summed E-state index contributed by atoms with van der Waals surface area (Å²) in [5.41, 5.74) is 1.65. The Hall–Kier alpha value is -1.70. The first-order chi connectivity index (χ1) is 12.9. The molecule has 1 fully saturated rings. The quantitative estimate of drug-likeness (QED) is 0.847. The first kappa shape index (κ1) is 18.7. The molecule has 7 heteroatoms. The maximum absolute atomic E-state index is 13.0. The molecular formula is C20H24N2O3S2. The van der Waals surface area contributed by atoms with Gasteiger partial charge in [-0.05, 0) is 56.1 Å². The number of nitrogens with one attached hydrogen (secondary N) is 1. The van der Waals surface area contributed by atoms with Crippen molar-refractivity contribution in [2.24, 2.45) is 0 Å². The van der Waals surface area contributed by atoms with Crippen LogP contribution in [0, 0.1) is 0 Å². The fourth-order valence-corrected chi connectivity index (χ4v) is 5.88. The van der Waals surface area contributed by atoms with Gasteiger partial charge in [0.15, 0.2) is 9.84 Å². The second kappa shape index (κ2) is 7.37. The lowest BCUT2D eigenvalue weighted by Gasteiger charge is -2.34. The van der Waals surface area contributed by atoms with Crippen molar-refractivity contribution >= 4 is 32.0 Å². The topological polar surface area (TPSA) is 66.5 Å². The summed E-state index contributed by atoms with van der Waals surface area (Å²) in [5, 5.41) is 3.57. The molecule has 2 aromatic carbocycles. The first-order valence-electron chi connectivity index (χ1n) is 9.31. The SMILES string of the molecule is CS(=O)(=O)c1ccc2c(c1)N(CCC1CCCCN1)c1ccccc1S2=O. The minimum Gasteiger partial charge on any atom is -0.339 e. The molecule has 144 valence electrons. The molecule has 0 radical (unpaired) electrons. The molecule has 0 saturated carbocycles. The molecule has 2 aromatic rings. The molecule has 1 saturated heterocycles. The van der Waals surface area contributed by atoms with Gasteiger partial charge in [0, 0.05) is 18.8 Å². The van der Waals surface area contributed by atoms with E-state index in [0.29, 0.717) is 10.9 Å². The Morgan fingerprint density at radius 2 is 1.89 bits per heavy atom. The smallest absolute Gasteiger partial charge is 0.175 e. The van der Waals surface area contributed by atoms with Crippen LogP contribution in [0.2, 0.25) is 0 Å². The number of nitrogens with zero attached hydrogens (tertiary/aromatic N) is 1. The summed E-state index contributed by atoms with van der Waals surface area (Å²) in [6.07, 6.45) is 5.80. The van der Waals surface area contributed by atoms with Gasteiger partial charge in [-0.1, -0.05) is 18.6 Å². The van der Waals surface area contributed by atoms with Crippen LogP contribution in [0.3, 0.4) is 0 Å². The Morgan fingerprint density at radius 1 is 1.11 bits per heavy atom. The van der Waals surface area contributed by atoms with Gasteiger partial charge < -0.3 is 10.2 Å². The summed E-state index contributed by atoms with van der Waals surface area (Å²) < 4.78 is 37.1. The zero-order valence-electron chi connectivity index (χ0n) is 15.3. The maximum Gasteiger partial charge on any atom is 0.175 e. The average molecular weight is 405 g/mol. The number of benzene rings is 2. The number of para-hydroxylation sites is 1. The highest BCUT2D eigenvalue weighted by Crippen LogP contribution is 2.43. The van der Waals surface area contributed by atoms with Crippen molar-refractivity contribution < 1.29 is 12.6 Å². The number of fused-ring (bicyclic) bond motifs is 2. The normalized spacial score (nSPS) is 22.2. The maximum atomic E-state index is 13.0. The molecule has 5 nitrogen and oxygen atoms in total. The highest BCUT2D eigenvalue weighted by Gasteiger charge is 2.29. The second-order valence-corrected chi connectivity index (χ2v) is 10.7. The van der Waals surface area contributed by atoms with E-state index in [-0.39, 0.29) is 4.90 Å². The van der Waals surface area contributed by atoms with Gasteiger partial charge in [0.1, 0.15) is 0 Å². The fraction of sp³-hybridized carbons (Fsp3) is 0.400. The molecule has 0 aliphatic carbocycles. The Bertz CT molecular complexity index is 982. The average Bonchev–Trinajstić information content (AvgIpc) is 2.68. The Morgan fingerprint density at radius 3 is 2.63 bits per heavy atom. The van der Waals surface area contributed by atoms with E-state index in [2.05, 4.69) is 10.2 Å². The predicted octanol–water partition coefficient (Wildman–Crippen LogP) is 3.24. The van der Waals surface area contributed by atoms with Crippen molar-refractivity contribution in [3.8, 4) is 0 Å². The number of anilines is 2. The highest BCUT2D eigenvalue weighted by atomic mass is 32.2. The molecule has 2 heterocycles. The molecule has 2 unspecified atom stereocenters. The zero-order valence-corrected chi connectivity index (χ0v) is 17.0. The molecule has 4 rings (SSSR count). The van der Waals surface area contributed by atoms with Crippen molar-refractivity contribution in [2.45, 2.75) is 46.4 Å². The molecule has 2 atom stereocenters. The fourth-order valence-electron chi connectivity index (χ4n) is 3.88. The molecule has 2 aliphatic rings. The van der Waals surface area contributed by atoms with Gasteiger partial charge in [-0.25, -0.2) is 12.6 Å². The molecular weight excluding hydrogens is 380 g/mol. The van der Waals surface area contributed by atoms with Crippen LogP contribution in [0.4, 0.5) is 11.4 Å². The molecule has 0 bridgehead atoms. The lowest BCUT2D eigenvalue weighted by molar-refractivity contribution is 0.385. The first-order valence-corrected chi connectivity index (χ1v) is 12.3.